The van der Waals surface area contributed by atoms with E-state index < -0.39 is 0 Å². The second-order valence-corrected chi connectivity index (χ2v) is 7.98. The number of rotatable bonds is 8. The van der Waals surface area contributed by atoms with E-state index in [0.29, 0.717) is 32.9 Å². The third kappa shape index (κ3) is 5.73. The number of pyridine rings is 2. The second-order valence-electron chi connectivity index (χ2n) is 7.14. The quantitative estimate of drug-likeness (QED) is 0.201. The molecule has 0 amide bonds. The fourth-order valence-electron chi connectivity index (χ4n) is 3.15. The summed E-state index contributed by atoms with van der Waals surface area (Å²) < 4.78 is 5.18. The summed E-state index contributed by atoms with van der Waals surface area (Å²) >= 11 is 12.3. The van der Waals surface area contributed by atoms with E-state index in [1.54, 1.807) is 62.0 Å². The van der Waals surface area contributed by atoms with Crippen molar-refractivity contribution in [1.82, 2.24) is 9.97 Å². The summed E-state index contributed by atoms with van der Waals surface area (Å²) in [6.45, 7) is 0. The number of hydrogen-bond acceptors (Lipinski definition) is 6. The normalized spacial score (nSPS) is 10.8. The number of carbonyl (C=O) groups excluding carboxylic acids is 1. The Bertz CT molecular complexity index is 1340. The number of aromatic nitrogens is 2. The van der Waals surface area contributed by atoms with Gasteiger partial charge >= 0.3 is 0 Å². The Labute approximate surface area is 207 Å². The van der Waals surface area contributed by atoms with Crippen molar-refractivity contribution in [3.8, 4) is 5.75 Å². The Hall–Kier alpha value is -3.87. The molecule has 0 aliphatic rings. The number of halogens is 2. The summed E-state index contributed by atoms with van der Waals surface area (Å²) in [4.78, 5) is 21.7. The van der Waals surface area contributed by atoms with Gasteiger partial charge in [-0.15, -0.1) is 0 Å². The zero-order chi connectivity index (χ0) is 23.9. The topological polar surface area (TPSA) is 76.1 Å². The molecule has 6 nitrogen and oxygen atoms in total. The number of methoxy groups -OCH3 is 1. The molecular formula is C26H20Cl2N4O2. The van der Waals surface area contributed by atoms with Crippen LogP contribution in [0.3, 0.4) is 0 Å². The minimum atomic E-state index is -0.205. The average molecular weight is 491 g/mol. The first kappa shape index (κ1) is 23.3. The molecule has 0 saturated carbocycles. The maximum absolute atomic E-state index is 13.0. The van der Waals surface area contributed by atoms with E-state index >= 15 is 0 Å². The molecule has 34 heavy (non-hydrogen) atoms. The molecule has 4 rings (SSSR count). The molecule has 0 atom stereocenters. The number of nitrogens with one attached hydrogen (secondary N) is 2. The first-order valence-corrected chi connectivity index (χ1v) is 11.0. The van der Waals surface area contributed by atoms with Crippen LogP contribution in [0.5, 0.6) is 5.75 Å². The molecule has 2 heterocycles. The number of benzene rings is 2. The van der Waals surface area contributed by atoms with Crippen LogP contribution in [0.25, 0.3) is 6.08 Å². The number of nitrogens with zero attached hydrogens (tertiary/aromatic N) is 2. The molecule has 0 bridgehead atoms. The molecule has 8 heteroatoms. The Kier molecular flexibility index (Phi) is 7.42. The van der Waals surface area contributed by atoms with Crippen molar-refractivity contribution in [2.75, 3.05) is 17.7 Å². The van der Waals surface area contributed by atoms with Gasteiger partial charge in [-0.1, -0.05) is 23.2 Å². The van der Waals surface area contributed by atoms with Crippen LogP contribution < -0.4 is 15.4 Å². The van der Waals surface area contributed by atoms with Gasteiger partial charge in [0.15, 0.2) is 5.78 Å². The third-order valence-electron chi connectivity index (χ3n) is 4.86. The Morgan fingerprint density at radius 3 is 2.38 bits per heavy atom. The molecule has 2 N–H and O–H groups in total. The summed E-state index contributed by atoms with van der Waals surface area (Å²) in [6.07, 6.45) is 6.47. The highest BCUT2D eigenvalue weighted by Crippen LogP contribution is 2.29. The van der Waals surface area contributed by atoms with Crippen molar-refractivity contribution in [2.24, 2.45) is 0 Å². The van der Waals surface area contributed by atoms with Gasteiger partial charge in [0.2, 0.25) is 0 Å². The van der Waals surface area contributed by atoms with E-state index in [1.807, 2.05) is 30.3 Å². The summed E-state index contributed by atoms with van der Waals surface area (Å²) in [5, 5.41) is 7.38. The van der Waals surface area contributed by atoms with Crippen molar-refractivity contribution < 1.29 is 9.53 Å². The lowest BCUT2D eigenvalue weighted by atomic mass is 10.1. The Balaban J connectivity index is 1.54. The van der Waals surface area contributed by atoms with Crippen LogP contribution in [0.1, 0.15) is 15.9 Å². The van der Waals surface area contributed by atoms with Crippen LogP contribution in [-0.2, 0) is 0 Å². The van der Waals surface area contributed by atoms with Crippen LogP contribution in [0.15, 0.2) is 85.2 Å². The van der Waals surface area contributed by atoms with Crippen molar-refractivity contribution in [2.45, 2.75) is 0 Å². The van der Waals surface area contributed by atoms with Crippen molar-refractivity contribution in [1.29, 1.82) is 0 Å². The van der Waals surface area contributed by atoms with Gasteiger partial charge in [0.05, 0.1) is 23.4 Å². The third-order valence-corrected chi connectivity index (χ3v) is 5.41. The van der Waals surface area contributed by atoms with E-state index in [4.69, 9.17) is 27.9 Å². The minimum Gasteiger partial charge on any atom is -0.497 e. The fourth-order valence-corrected chi connectivity index (χ4v) is 3.60. The summed E-state index contributed by atoms with van der Waals surface area (Å²) in [7, 11) is 1.61. The van der Waals surface area contributed by atoms with Gasteiger partial charge in [0, 0.05) is 28.7 Å². The smallest absolute Gasteiger partial charge is 0.189 e. The predicted molar refractivity (Wildman–Crippen MR) is 138 cm³/mol. The van der Waals surface area contributed by atoms with Crippen LogP contribution in [0.4, 0.5) is 23.0 Å². The molecule has 2 aromatic carbocycles. The van der Waals surface area contributed by atoms with Gasteiger partial charge in [0.25, 0.3) is 0 Å². The molecule has 0 saturated heterocycles. The summed E-state index contributed by atoms with van der Waals surface area (Å²) in [5.74, 6) is 1.55. The van der Waals surface area contributed by atoms with Crippen LogP contribution in [-0.4, -0.2) is 22.9 Å². The lowest BCUT2D eigenvalue weighted by Gasteiger charge is -2.11. The van der Waals surface area contributed by atoms with Gasteiger partial charge in [-0.05, 0) is 78.9 Å². The molecule has 0 aliphatic carbocycles. The predicted octanol–water partition coefficient (Wildman–Crippen LogP) is 7.18. The van der Waals surface area contributed by atoms with Gasteiger partial charge < -0.3 is 15.4 Å². The lowest BCUT2D eigenvalue weighted by Crippen LogP contribution is -2.03. The van der Waals surface area contributed by atoms with E-state index in [9.17, 15) is 4.79 Å². The maximum atomic E-state index is 13.0. The molecule has 170 valence electrons. The molecule has 0 radical (unpaired) electrons. The summed E-state index contributed by atoms with van der Waals surface area (Å²) in [5.41, 5.74) is 2.60. The SMILES string of the molecule is COc1ccc(Nc2ncccc2C(=O)/C=C/c2cccnc2Nc2ccc(Cl)cc2Cl)cc1. The van der Waals surface area contributed by atoms with E-state index in [1.165, 1.54) is 6.08 Å². The van der Waals surface area contributed by atoms with E-state index in [0.717, 1.165) is 17.0 Å². The molecule has 0 spiro atoms. The standard InChI is InChI=1S/C26H20Cl2N4O2/c1-34-20-10-8-19(9-11-20)31-26-21(5-3-15-30-26)24(33)13-6-17-4-2-14-29-25(17)32-23-12-7-18(27)16-22(23)28/h2-16H,1H3,(H,29,32)(H,30,31)/b13-6+. The van der Waals surface area contributed by atoms with Gasteiger partial charge in [-0.25, -0.2) is 9.97 Å². The fraction of sp³-hybridized carbons (Fsp3) is 0.0385. The number of carbonyl (C=O) groups is 1. The van der Waals surface area contributed by atoms with Crippen molar-refractivity contribution in [3.05, 3.63) is 106 Å². The monoisotopic (exact) mass is 490 g/mol. The van der Waals surface area contributed by atoms with Crippen LogP contribution in [0, 0.1) is 0 Å². The largest absolute Gasteiger partial charge is 0.497 e. The van der Waals surface area contributed by atoms with Gasteiger partial charge in [-0.3, -0.25) is 4.79 Å². The van der Waals surface area contributed by atoms with Crippen LogP contribution in [0.2, 0.25) is 10.0 Å². The first-order chi connectivity index (χ1) is 16.5. The number of ether oxygens (including phenoxy) is 1. The highest BCUT2D eigenvalue weighted by Gasteiger charge is 2.11. The Morgan fingerprint density at radius 1 is 0.912 bits per heavy atom. The minimum absolute atomic E-state index is 0.205. The zero-order valence-electron chi connectivity index (χ0n) is 18.1. The van der Waals surface area contributed by atoms with Crippen LogP contribution >= 0.6 is 23.2 Å². The highest BCUT2D eigenvalue weighted by atomic mass is 35.5. The molecule has 0 aliphatic heterocycles. The zero-order valence-corrected chi connectivity index (χ0v) is 19.6. The lowest BCUT2D eigenvalue weighted by molar-refractivity contribution is 0.104. The van der Waals surface area contributed by atoms with Crippen molar-refractivity contribution in [3.63, 3.8) is 0 Å². The molecule has 4 aromatic rings. The number of hydrogen-bond donors (Lipinski definition) is 2. The van der Waals surface area contributed by atoms with E-state index in [-0.39, 0.29) is 5.78 Å². The van der Waals surface area contributed by atoms with Gasteiger partial charge in [-0.2, -0.15) is 0 Å². The molecule has 0 fully saturated rings. The first-order valence-electron chi connectivity index (χ1n) is 10.3. The number of allylic oxidation sites excluding steroid dienone is 1. The summed E-state index contributed by atoms with van der Waals surface area (Å²) in [6, 6.07) is 19.6. The van der Waals surface area contributed by atoms with E-state index in [2.05, 4.69) is 20.6 Å². The molecule has 2 aromatic heterocycles. The Morgan fingerprint density at radius 2 is 1.65 bits per heavy atom. The highest BCUT2D eigenvalue weighted by molar-refractivity contribution is 6.36. The average Bonchev–Trinajstić information content (AvgIpc) is 2.86. The molecular weight excluding hydrogens is 471 g/mol. The number of ketones is 1. The van der Waals surface area contributed by atoms with Crippen molar-refractivity contribution >= 4 is 58.1 Å². The van der Waals surface area contributed by atoms with Gasteiger partial charge in [0.1, 0.15) is 17.4 Å². The molecule has 0 unspecified atom stereocenters. The second kappa shape index (κ2) is 10.8. The maximum Gasteiger partial charge on any atom is 0.189 e. The number of anilines is 4.